The van der Waals surface area contributed by atoms with Gasteiger partial charge in [0.2, 0.25) is 0 Å². The van der Waals surface area contributed by atoms with Crippen molar-refractivity contribution in [2.45, 2.75) is 18.7 Å². The molecular formula is C8H6F5NO. The van der Waals surface area contributed by atoms with E-state index >= 15 is 0 Å². The number of alkyl halides is 5. The molecule has 0 amide bonds. The molecule has 0 aliphatic rings. The summed E-state index contributed by atoms with van der Waals surface area (Å²) in [6.07, 6.45) is -5.69. The van der Waals surface area contributed by atoms with Crippen LogP contribution in [0.4, 0.5) is 22.0 Å². The Labute approximate surface area is 81.4 Å². The minimum absolute atomic E-state index is 0.239. The largest absolute Gasteiger partial charge is 0.459 e. The summed E-state index contributed by atoms with van der Waals surface area (Å²) in [5.41, 5.74) is -1.65. The molecule has 7 heteroatoms. The molecule has 0 saturated heterocycles. The van der Waals surface area contributed by atoms with E-state index in [1.54, 1.807) is 0 Å². The highest BCUT2D eigenvalue weighted by molar-refractivity contribution is 5.16. The zero-order valence-corrected chi connectivity index (χ0v) is 7.22. The minimum atomic E-state index is -5.69. The van der Waals surface area contributed by atoms with E-state index in [2.05, 4.69) is 4.98 Å². The van der Waals surface area contributed by atoms with Crippen molar-refractivity contribution in [2.24, 2.45) is 0 Å². The Balaban J connectivity index is 3.15. The number of nitrogens with zero attached hydrogens (tertiary/aromatic N) is 1. The summed E-state index contributed by atoms with van der Waals surface area (Å²) < 4.78 is 61.1. The van der Waals surface area contributed by atoms with Gasteiger partial charge in [-0.25, -0.2) is 4.98 Å². The van der Waals surface area contributed by atoms with Crippen molar-refractivity contribution in [3.05, 3.63) is 29.6 Å². The summed E-state index contributed by atoms with van der Waals surface area (Å²) in [7, 11) is 0. The first-order chi connectivity index (χ1) is 6.79. The average Bonchev–Trinajstić information content (AvgIpc) is 2.16. The summed E-state index contributed by atoms with van der Waals surface area (Å²) >= 11 is 0. The van der Waals surface area contributed by atoms with Crippen LogP contribution in [0.25, 0.3) is 0 Å². The smallest absolute Gasteiger partial charge is 0.390 e. The van der Waals surface area contributed by atoms with Gasteiger partial charge in [-0.15, -0.1) is 0 Å². The van der Waals surface area contributed by atoms with Crippen molar-refractivity contribution >= 4 is 0 Å². The van der Waals surface area contributed by atoms with Gasteiger partial charge < -0.3 is 5.11 Å². The number of hydrogen-bond acceptors (Lipinski definition) is 2. The Morgan fingerprint density at radius 2 is 1.73 bits per heavy atom. The Morgan fingerprint density at radius 3 is 2.20 bits per heavy atom. The van der Waals surface area contributed by atoms with E-state index in [0.717, 1.165) is 12.1 Å². The highest BCUT2D eigenvalue weighted by atomic mass is 19.4. The van der Waals surface area contributed by atoms with Gasteiger partial charge in [0.05, 0.1) is 12.3 Å². The van der Waals surface area contributed by atoms with E-state index < -0.39 is 24.4 Å². The number of aromatic nitrogens is 1. The van der Waals surface area contributed by atoms with Crippen molar-refractivity contribution in [1.29, 1.82) is 0 Å². The van der Waals surface area contributed by atoms with Gasteiger partial charge in [-0.05, 0) is 12.1 Å². The highest BCUT2D eigenvalue weighted by Crippen LogP contribution is 2.42. The van der Waals surface area contributed by atoms with Gasteiger partial charge in [-0.1, -0.05) is 6.07 Å². The van der Waals surface area contributed by atoms with Gasteiger partial charge >= 0.3 is 12.1 Å². The van der Waals surface area contributed by atoms with E-state index in [1.807, 2.05) is 0 Å². The summed E-state index contributed by atoms with van der Waals surface area (Å²) in [6.45, 7) is -0.693. The van der Waals surface area contributed by atoms with Gasteiger partial charge in [-0.2, -0.15) is 22.0 Å². The number of aliphatic hydroxyl groups is 1. The second-order valence-electron chi connectivity index (χ2n) is 2.74. The van der Waals surface area contributed by atoms with Gasteiger partial charge in [0, 0.05) is 0 Å². The number of rotatable bonds is 2. The van der Waals surface area contributed by atoms with Crippen LogP contribution in [0.2, 0.25) is 0 Å². The van der Waals surface area contributed by atoms with Gasteiger partial charge in [0.1, 0.15) is 5.69 Å². The van der Waals surface area contributed by atoms with Gasteiger partial charge in [0.25, 0.3) is 0 Å². The highest BCUT2D eigenvalue weighted by Gasteiger charge is 2.59. The lowest BCUT2D eigenvalue weighted by Crippen LogP contribution is -2.34. The first-order valence-electron chi connectivity index (χ1n) is 3.81. The molecule has 0 fully saturated rings. The van der Waals surface area contributed by atoms with Crippen molar-refractivity contribution in [1.82, 2.24) is 4.98 Å². The topological polar surface area (TPSA) is 33.1 Å². The Kier molecular flexibility index (Phi) is 2.94. The van der Waals surface area contributed by atoms with Gasteiger partial charge in [0.15, 0.2) is 0 Å². The first kappa shape index (κ1) is 11.8. The van der Waals surface area contributed by atoms with Crippen LogP contribution in [0.1, 0.15) is 11.4 Å². The van der Waals surface area contributed by atoms with E-state index in [4.69, 9.17) is 5.11 Å². The average molecular weight is 227 g/mol. The first-order valence-corrected chi connectivity index (χ1v) is 3.81. The van der Waals surface area contributed by atoms with E-state index in [9.17, 15) is 22.0 Å². The lowest BCUT2D eigenvalue weighted by molar-refractivity contribution is -0.291. The number of halogens is 5. The minimum Gasteiger partial charge on any atom is -0.390 e. The van der Waals surface area contributed by atoms with Gasteiger partial charge in [-0.3, -0.25) is 0 Å². The molecular weight excluding hydrogens is 221 g/mol. The van der Waals surface area contributed by atoms with Crippen molar-refractivity contribution in [3.8, 4) is 0 Å². The molecule has 1 aromatic rings. The fourth-order valence-electron chi connectivity index (χ4n) is 0.888. The van der Waals surface area contributed by atoms with Crippen LogP contribution in [-0.2, 0) is 12.5 Å². The van der Waals surface area contributed by atoms with E-state index in [-0.39, 0.29) is 5.69 Å². The van der Waals surface area contributed by atoms with Crippen LogP contribution in [0.3, 0.4) is 0 Å². The maximum absolute atomic E-state index is 12.7. The Hall–Kier alpha value is -1.24. The monoisotopic (exact) mass is 227 g/mol. The zero-order chi connectivity index (χ0) is 11.7. The van der Waals surface area contributed by atoms with Crippen LogP contribution >= 0.6 is 0 Å². The van der Waals surface area contributed by atoms with Crippen LogP contribution in [0, 0.1) is 0 Å². The number of pyridine rings is 1. The molecule has 1 rings (SSSR count). The maximum Gasteiger partial charge on any atom is 0.459 e. The summed E-state index contributed by atoms with van der Waals surface area (Å²) in [4.78, 5) is 3.01. The molecule has 0 unspecified atom stereocenters. The third kappa shape index (κ3) is 2.23. The molecule has 0 saturated carbocycles. The van der Waals surface area contributed by atoms with Crippen LogP contribution < -0.4 is 0 Å². The normalized spacial score (nSPS) is 12.9. The molecule has 0 radical (unpaired) electrons. The van der Waals surface area contributed by atoms with Crippen LogP contribution in [0.5, 0.6) is 0 Å². The lowest BCUT2D eigenvalue weighted by Gasteiger charge is -2.19. The quantitative estimate of drug-likeness (QED) is 0.786. The maximum atomic E-state index is 12.7. The summed E-state index contributed by atoms with van der Waals surface area (Å²) in [5, 5.41) is 8.54. The molecule has 1 aromatic heterocycles. The van der Waals surface area contributed by atoms with E-state index in [1.165, 1.54) is 0 Å². The zero-order valence-electron chi connectivity index (χ0n) is 7.22. The number of aliphatic hydroxyl groups excluding tert-OH is 1. The Morgan fingerprint density at radius 1 is 1.13 bits per heavy atom. The molecule has 0 spiro atoms. The molecule has 0 aliphatic heterocycles. The molecule has 1 N–H and O–H groups in total. The van der Waals surface area contributed by atoms with Crippen molar-refractivity contribution < 1.29 is 27.1 Å². The van der Waals surface area contributed by atoms with Crippen LogP contribution in [-0.4, -0.2) is 16.3 Å². The SMILES string of the molecule is OCc1cccc(C(F)(F)C(F)(F)F)n1. The predicted octanol–water partition coefficient (Wildman–Crippen LogP) is 2.23. The molecule has 0 bridgehead atoms. The molecule has 1 heterocycles. The van der Waals surface area contributed by atoms with Crippen molar-refractivity contribution in [2.75, 3.05) is 0 Å². The second-order valence-corrected chi connectivity index (χ2v) is 2.74. The van der Waals surface area contributed by atoms with E-state index in [0.29, 0.717) is 6.07 Å². The third-order valence-corrected chi connectivity index (χ3v) is 1.65. The standard InChI is InChI=1S/C8H6F5NO/c9-7(10,8(11,12)13)6-3-1-2-5(4-15)14-6/h1-3,15H,4H2. The third-order valence-electron chi connectivity index (χ3n) is 1.65. The molecule has 84 valence electrons. The lowest BCUT2D eigenvalue weighted by atomic mass is 10.2. The summed E-state index contributed by atoms with van der Waals surface area (Å²) in [5.74, 6) is -5.00. The fourth-order valence-corrected chi connectivity index (χ4v) is 0.888. The predicted molar refractivity (Wildman–Crippen MR) is 40.1 cm³/mol. The second kappa shape index (κ2) is 3.73. The summed E-state index contributed by atoms with van der Waals surface area (Å²) in [6, 6.07) is 2.69. The molecule has 0 aliphatic carbocycles. The number of hydrogen-bond donors (Lipinski definition) is 1. The molecule has 0 aromatic carbocycles. The molecule has 0 atom stereocenters. The Bertz CT molecular complexity index is 349. The molecule has 2 nitrogen and oxygen atoms in total. The van der Waals surface area contributed by atoms with Crippen LogP contribution in [0.15, 0.2) is 18.2 Å². The van der Waals surface area contributed by atoms with Crippen molar-refractivity contribution in [3.63, 3.8) is 0 Å². The fraction of sp³-hybridized carbons (Fsp3) is 0.375. The molecule has 15 heavy (non-hydrogen) atoms.